The van der Waals surface area contributed by atoms with E-state index in [1.807, 2.05) is 24.3 Å². The van der Waals surface area contributed by atoms with Gasteiger partial charge in [-0.2, -0.15) is 0 Å². The number of benzene rings is 6. The molecule has 0 radical (unpaired) electrons. The van der Waals surface area contributed by atoms with Crippen LogP contribution < -0.4 is 4.74 Å². The quantitative estimate of drug-likeness (QED) is 0.215. The summed E-state index contributed by atoms with van der Waals surface area (Å²) in [5.41, 5.74) is 6.04. The van der Waals surface area contributed by atoms with Crippen molar-refractivity contribution < 1.29 is 4.74 Å². The molecule has 0 aliphatic rings. The third-order valence-electron chi connectivity index (χ3n) is 7.71. The summed E-state index contributed by atoms with van der Waals surface area (Å²) < 4.78 is 6.18. The van der Waals surface area contributed by atoms with E-state index in [1.165, 1.54) is 21.5 Å². The molecule has 0 saturated heterocycles. The molecule has 0 unspecified atom stereocenters. The summed E-state index contributed by atoms with van der Waals surface area (Å²) in [6.07, 6.45) is 0. The van der Waals surface area contributed by atoms with Crippen molar-refractivity contribution in [2.24, 2.45) is 0 Å². The molecule has 0 amide bonds. The second-order valence-corrected chi connectivity index (χ2v) is 10.3. The zero-order valence-corrected chi connectivity index (χ0v) is 22.2. The zero-order valence-electron chi connectivity index (χ0n) is 22.2. The summed E-state index contributed by atoms with van der Waals surface area (Å²) in [5.74, 6) is 1.56. The molecule has 0 aliphatic heterocycles. The molecule has 0 saturated carbocycles. The Hall–Kier alpha value is -5.54. The zero-order chi connectivity index (χ0) is 27.2. The topological polar surface area (TPSA) is 35.0 Å². The summed E-state index contributed by atoms with van der Waals surface area (Å²) >= 11 is 0. The van der Waals surface area contributed by atoms with Crippen molar-refractivity contribution in [3.8, 4) is 34.0 Å². The summed E-state index contributed by atoms with van der Waals surface area (Å²) in [6, 6.07) is 50.0. The lowest BCUT2D eigenvalue weighted by Gasteiger charge is -2.10. The molecule has 0 spiro atoms. The molecule has 41 heavy (non-hydrogen) atoms. The van der Waals surface area contributed by atoms with E-state index in [9.17, 15) is 0 Å². The predicted molar refractivity (Wildman–Crippen MR) is 169 cm³/mol. The summed E-state index contributed by atoms with van der Waals surface area (Å²) in [6.45, 7) is 0. The lowest BCUT2D eigenvalue weighted by atomic mass is 10.0. The van der Waals surface area contributed by atoms with E-state index in [1.54, 1.807) is 0 Å². The second-order valence-electron chi connectivity index (χ2n) is 10.3. The van der Waals surface area contributed by atoms with Gasteiger partial charge in [-0.05, 0) is 71.4 Å². The summed E-state index contributed by atoms with van der Waals surface area (Å²) in [7, 11) is 0. The maximum atomic E-state index is 6.18. The first-order valence-corrected chi connectivity index (χ1v) is 13.7. The highest BCUT2D eigenvalue weighted by atomic mass is 16.5. The van der Waals surface area contributed by atoms with E-state index in [-0.39, 0.29) is 0 Å². The van der Waals surface area contributed by atoms with Gasteiger partial charge in [0.05, 0.1) is 22.4 Å². The van der Waals surface area contributed by atoms with Crippen LogP contribution in [-0.2, 0) is 0 Å². The van der Waals surface area contributed by atoms with Crippen molar-refractivity contribution in [2.75, 3.05) is 0 Å². The van der Waals surface area contributed by atoms with Crippen LogP contribution in [-0.4, -0.2) is 9.97 Å². The normalized spacial score (nSPS) is 11.4. The minimum atomic E-state index is 0.781. The van der Waals surface area contributed by atoms with Crippen LogP contribution in [0.4, 0.5) is 0 Å². The van der Waals surface area contributed by atoms with E-state index < -0.39 is 0 Å². The number of pyridine rings is 2. The first-order valence-electron chi connectivity index (χ1n) is 13.7. The molecule has 0 N–H and O–H groups in total. The van der Waals surface area contributed by atoms with E-state index in [4.69, 9.17) is 14.7 Å². The average molecular weight is 525 g/mol. The first-order chi connectivity index (χ1) is 20.3. The largest absolute Gasteiger partial charge is 0.457 e. The fraction of sp³-hybridized carbons (Fsp3) is 0. The molecular formula is C38H24N2O. The predicted octanol–water partition coefficient (Wildman–Crippen LogP) is 10.2. The van der Waals surface area contributed by atoms with Crippen molar-refractivity contribution >= 4 is 43.4 Å². The molecule has 2 heterocycles. The van der Waals surface area contributed by atoms with Crippen LogP contribution in [0.1, 0.15) is 0 Å². The Labute approximate surface area is 237 Å². The highest BCUT2D eigenvalue weighted by molar-refractivity contribution is 6.06. The average Bonchev–Trinajstić information content (AvgIpc) is 3.05. The van der Waals surface area contributed by atoms with Gasteiger partial charge in [-0.25, -0.2) is 9.97 Å². The number of fused-ring (bicyclic) bond motifs is 6. The third-order valence-corrected chi connectivity index (χ3v) is 7.71. The number of ether oxygens (including phenoxy) is 1. The maximum absolute atomic E-state index is 6.18. The SMILES string of the molecule is c1ccc2c(c1)ccc1ccc(-c3ccc(Oc4ccc(-c5ccc6ccc7ccccc7c6n5)cc4)cc3)nc12. The first kappa shape index (κ1) is 23.4. The van der Waals surface area contributed by atoms with Gasteiger partial charge in [-0.1, -0.05) is 84.9 Å². The minimum absolute atomic E-state index is 0.781. The van der Waals surface area contributed by atoms with Crippen LogP contribution in [0.2, 0.25) is 0 Å². The number of aromatic nitrogens is 2. The van der Waals surface area contributed by atoms with Crippen molar-refractivity contribution in [2.45, 2.75) is 0 Å². The van der Waals surface area contributed by atoms with Crippen molar-refractivity contribution in [3.05, 3.63) is 146 Å². The van der Waals surface area contributed by atoms with Gasteiger partial charge in [0.2, 0.25) is 0 Å². The fourth-order valence-corrected chi connectivity index (χ4v) is 5.56. The Morgan fingerprint density at radius 2 is 0.732 bits per heavy atom. The van der Waals surface area contributed by atoms with Crippen LogP contribution >= 0.6 is 0 Å². The number of nitrogens with zero attached hydrogens (tertiary/aromatic N) is 2. The molecule has 3 nitrogen and oxygen atoms in total. The van der Waals surface area contributed by atoms with E-state index in [0.717, 1.165) is 55.8 Å². The van der Waals surface area contributed by atoms with Crippen LogP contribution in [0.5, 0.6) is 11.5 Å². The Balaban J connectivity index is 1.04. The van der Waals surface area contributed by atoms with Crippen LogP contribution in [0.3, 0.4) is 0 Å². The lowest BCUT2D eigenvalue weighted by molar-refractivity contribution is 0.483. The Kier molecular flexibility index (Phi) is 5.46. The highest BCUT2D eigenvalue weighted by Gasteiger charge is 2.08. The molecule has 192 valence electrons. The van der Waals surface area contributed by atoms with Crippen molar-refractivity contribution in [1.29, 1.82) is 0 Å². The molecular weight excluding hydrogens is 500 g/mol. The van der Waals surface area contributed by atoms with E-state index in [2.05, 4.69) is 121 Å². The number of rotatable bonds is 4. The van der Waals surface area contributed by atoms with Gasteiger partial charge in [-0.15, -0.1) is 0 Å². The Bertz CT molecular complexity index is 2060. The van der Waals surface area contributed by atoms with Gasteiger partial charge in [0.1, 0.15) is 11.5 Å². The van der Waals surface area contributed by atoms with Gasteiger partial charge in [-0.3, -0.25) is 0 Å². The molecule has 0 fully saturated rings. The third kappa shape index (κ3) is 4.25. The summed E-state index contributed by atoms with van der Waals surface area (Å²) in [5, 5.41) is 7.02. The smallest absolute Gasteiger partial charge is 0.127 e. The van der Waals surface area contributed by atoms with Gasteiger partial charge in [0.25, 0.3) is 0 Å². The highest BCUT2D eigenvalue weighted by Crippen LogP contribution is 2.31. The molecule has 0 aliphatic carbocycles. The molecule has 8 rings (SSSR count). The number of hydrogen-bond acceptors (Lipinski definition) is 3. The fourth-order valence-electron chi connectivity index (χ4n) is 5.56. The van der Waals surface area contributed by atoms with E-state index >= 15 is 0 Å². The molecule has 0 bridgehead atoms. The summed E-state index contributed by atoms with van der Waals surface area (Å²) in [4.78, 5) is 10.0. The van der Waals surface area contributed by atoms with Crippen LogP contribution in [0.25, 0.3) is 65.9 Å². The molecule has 8 aromatic rings. The molecule has 2 aromatic heterocycles. The van der Waals surface area contributed by atoms with Crippen LogP contribution in [0.15, 0.2) is 146 Å². The molecule has 6 aromatic carbocycles. The lowest BCUT2D eigenvalue weighted by Crippen LogP contribution is -1.89. The van der Waals surface area contributed by atoms with E-state index in [0.29, 0.717) is 0 Å². The Morgan fingerprint density at radius 3 is 1.20 bits per heavy atom. The standard InChI is InChI=1S/C38H24N2O/c1-3-7-33-25(5-1)9-11-29-17-23-35(39-37(29)33)27-13-19-31(20-14-27)41-32-21-15-28(16-22-32)36-24-18-30-12-10-26-6-2-4-8-34(26)38(30)40-36/h1-24H. The monoisotopic (exact) mass is 524 g/mol. The maximum Gasteiger partial charge on any atom is 0.127 e. The minimum Gasteiger partial charge on any atom is -0.457 e. The molecule has 3 heteroatoms. The van der Waals surface area contributed by atoms with Crippen molar-refractivity contribution in [1.82, 2.24) is 9.97 Å². The van der Waals surface area contributed by atoms with Gasteiger partial charge < -0.3 is 4.74 Å². The number of hydrogen-bond donors (Lipinski definition) is 0. The van der Waals surface area contributed by atoms with Gasteiger partial charge in [0.15, 0.2) is 0 Å². The van der Waals surface area contributed by atoms with Crippen LogP contribution in [0, 0.1) is 0 Å². The van der Waals surface area contributed by atoms with Gasteiger partial charge >= 0.3 is 0 Å². The van der Waals surface area contributed by atoms with Crippen molar-refractivity contribution in [3.63, 3.8) is 0 Å². The Morgan fingerprint density at radius 1 is 0.341 bits per heavy atom. The molecule has 0 atom stereocenters. The van der Waals surface area contributed by atoms with Gasteiger partial charge in [0, 0.05) is 32.7 Å². The second kappa shape index (κ2) is 9.58.